The van der Waals surface area contributed by atoms with Crippen LogP contribution in [0.4, 0.5) is 4.79 Å². The van der Waals surface area contributed by atoms with Gasteiger partial charge in [0.1, 0.15) is 6.04 Å². The Labute approximate surface area is 142 Å². The van der Waals surface area contributed by atoms with Gasteiger partial charge in [0.05, 0.1) is 0 Å². The van der Waals surface area contributed by atoms with Crippen LogP contribution >= 0.6 is 11.8 Å². The van der Waals surface area contributed by atoms with E-state index in [0.29, 0.717) is 13.0 Å². The Morgan fingerprint density at radius 3 is 2.61 bits per heavy atom. The number of amides is 3. The lowest BCUT2D eigenvalue weighted by molar-refractivity contribution is -0.129. The number of hydrogen-bond acceptors (Lipinski definition) is 3. The third-order valence-electron chi connectivity index (χ3n) is 5.05. The minimum atomic E-state index is -0.330. The topological polar surface area (TPSA) is 49.4 Å². The van der Waals surface area contributed by atoms with Crippen LogP contribution in [0.25, 0.3) is 0 Å². The summed E-state index contributed by atoms with van der Waals surface area (Å²) in [6.45, 7) is 0.558. The highest BCUT2D eigenvalue weighted by Crippen LogP contribution is 2.44. The van der Waals surface area contributed by atoms with E-state index in [0.717, 1.165) is 25.0 Å². The molecule has 3 rings (SSSR count). The van der Waals surface area contributed by atoms with Crippen molar-refractivity contribution >= 4 is 23.7 Å². The molecule has 1 aromatic rings. The van der Waals surface area contributed by atoms with Gasteiger partial charge in [0.25, 0.3) is 5.91 Å². The predicted molar refractivity (Wildman–Crippen MR) is 93.5 cm³/mol. The molecule has 3 amide bonds. The number of carbonyl (C=O) groups is 2. The summed E-state index contributed by atoms with van der Waals surface area (Å²) in [5, 5.41) is 2.85. The van der Waals surface area contributed by atoms with Crippen LogP contribution < -0.4 is 5.32 Å². The van der Waals surface area contributed by atoms with Gasteiger partial charge in [-0.15, -0.1) is 0 Å². The number of benzene rings is 1. The van der Waals surface area contributed by atoms with Gasteiger partial charge in [-0.2, -0.15) is 11.8 Å². The Hall–Kier alpha value is -1.49. The summed E-state index contributed by atoms with van der Waals surface area (Å²) in [4.78, 5) is 26.2. The molecular formula is C18H24N2O2S. The number of thioether (sulfide) groups is 1. The SMILES string of the molecule is CSCC[C@@H]1NC(=O)N(CC2(Cc3ccccc3)CCC2)C1=O. The number of hydrogen-bond donors (Lipinski definition) is 1. The van der Waals surface area contributed by atoms with Gasteiger partial charge < -0.3 is 5.32 Å². The lowest BCUT2D eigenvalue weighted by atomic mass is 9.65. The summed E-state index contributed by atoms with van der Waals surface area (Å²) >= 11 is 1.70. The first-order chi connectivity index (χ1) is 11.1. The molecule has 2 fully saturated rings. The predicted octanol–water partition coefficient (Wildman–Crippen LogP) is 3.07. The molecule has 2 aliphatic rings. The van der Waals surface area contributed by atoms with Crippen molar-refractivity contribution in [2.45, 2.75) is 38.1 Å². The molecule has 1 saturated heterocycles. The standard InChI is InChI=1S/C18H24N2O2S/c1-23-11-8-15-16(21)20(17(22)19-15)13-18(9-5-10-18)12-14-6-3-2-4-7-14/h2-4,6-7,15H,5,8-13H2,1H3,(H,19,22)/t15-/m0/s1. The van der Waals surface area contributed by atoms with E-state index in [4.69, 9.17) is 0 Å². The Kier molecular flexibility index (Phi) is 4.95. The van der Waals surface area contributed by atoms with Crippen molar-refractivity contribution < 1.29 is 9.59 Å². The molecule has 1 aromatic carbocycles. The van der Waals surface area contributed by atoms with E-state index in [-0.39, 0.29) is 23.4 Å². The van der Waals surface area contributed by atoms with E-state index in [1.807, 2.05) is 24.5 Å². The van der Waals surface area contributed by atoms with Gasteiger partial charge in [0.2, 0.25) is 0 Å². The van der Waals surface area contributed by atoms with Crippen molar-refractivity contribution in [1.29, 1.82) is 0 Å². The number of rotatable bonds is 7. The number of nitrogens with one attached hydrogen (secondary N) is 1. The summed E-state index contributed by atoms with van der Waals surface area (Å²) < 4.78 is 0. The lowest BCUT2D eigenvalue weighted by Crippen LogP contribution is -2.46. The van der Waals surface area contributed by atoms with E-state index in [9.17, 15) is 9.59 Å². The molecule has 0 unspecified atom stereocenters. The monoisotopic (exact) mass is 332 g/mol. The van der Waals surface area contributed by atoms with Crippen LogP contribution in [-0.2, 0) is 11.2 Å². The molecule has 1 heterocycles. The van der Waals surface area contributed by atoms with Crippen LogP contribution in [-0.4, -0.2) is 41.4 Å². The van der Waals surface area contributed by atoms with Crippen LogP contribution in [0.3, 0.4) is 0 Å². The van der Waals surface area contributed by atoms with E-state index in [1.165, 1.54) is 16.9 Å². The van der Waals surface area contributed by atoms with Gasteiger partial charge in [-0.3, -0.25) is 9.69 Å². The molecule has 1 atom stereocenters. The molecule has 23 heavy (non-hydrogen) atoms. The number of urea groups is 1. The summed E-state index contributed by atoms with van der Waals surface area (Å²) in [6.07, 6.45) is 7.05. The average molecular weight is 332 g/mol. The molecule has 1 aliphatic carbocycles. The Morgan fingerprint density at radius 1 is 1.26 bits per heavy atom. The van der Waals surface area contributed by atoms with Crippen LogP contribution in [0.2, 0.25) is 0 Å². The lowest BCUT2D eigenvalue weighted by Gasteiger charge is -2.44. The third kappa shape index (κ3) is 3.55. The van der Waals surface area contributed by atoms with E-state index in [2.05, 4.69) is 17.4 Å². The fraction of sp³-hybridized carbons (Fsp3) is 0.556. The fourth-order valence-electron chi connectivity index (χ4n) is 3.59. The van der Waals surface area contributed by atoms with Crippen LogP contribution in [0, 0.1) is 5.41 Å². The van der Waals surface area contributed by atoms with Gasteiger partial charge in [0, 0.05) is 6.54 Å². The molecule has 0 bridgehead atoms. The van der Waals surface area contributed by atoms with Gasteiger partial charge in [-0.25, -0.2) is 4.79 Å². The Balaban J connectivity index is 1.67. The van der Waals surface area contributed by atoms with Crippen LogP contribution in [0.1, 0.15) is 31.2 Å². The number of imide groups is 1. The maximum atomic E-state index is 12.5. The maximum Gasteiger partial charge on any atom is 0.324 e. The zero-order chi connectivity index (χ0) is 16.3. The quantitative estimate of drug-likeness (QED) is 0.781. The van der Waals surface area contributed by atoms with E-state index < -0.39 is 0 Å². The zero-order valence-corrected chi connectivity index (χ0v) is 14.4. The summed E-state index contributed by atoms with van der Waals surface area (Å²) in [5.74, 6) is 0.850. The van der Waals surface area contributed by atoms with Crippen molar-refractivity contribution in [2.75, 3.05) is 18.6 Å². The number of nitrogens with zero attached hydrogens (tertiary/aromatic N) is 1. The maximum absolute atomic E-state index is 12.5. The molecular weight excluding hydrogens is 308 g/mol. The highest BCUT2D eigenvalue weighted by Gasteiger charge is 2.45. The first-order valence-corrected chi connectivity index (χ1v) is 9.68. The van der Waals surface area contributed by atoms with Crippen molar-refractivity contribution in [1.82, 2.24) is 10.2 Å². The van der Waals surface area contributed by atoms with Gasteiger partial charge in [-0.1, -0.05) is 36.8 Å². The Morgan fingerprint density at radius 2 is 2.00 bits per heavy atom. The molecule has 1 N–H and O–H groups in total. The largest absolute Gasteiger partial charge is 0.326 e. The second-order valence-electron chi connectivity index (χ2n) is 6.72. The molecule has 0 spiro atoms. The summed E-state index contributed by atoms with van der Waals surface area (Å²) in [5.41, 5.74) is 1.36. The average Bonchev–Trinajstić information content (AvgIpc) is 2.79. The first-order valence-electron chi connectivity index (χ1n) is 8.28. The number of carbonyl (C=O) groups excluding carboxylic acids is 2. The fourth-order valence-corrected chi connectivity index (χ4v) is 4.06. The molecule has 1 saturated carbocycles. The minimum absolute atomic E-state index is 0.0385. The van der Waals surface area contributed by atoms with Gasteiger partial charge in [0.15, 0.2) is 0 Å². The minimum Gasteiger partial charge on any atom is -0.326 e. The first kappa shape index (κ1) is 16.4. The van der Waals surface area contributed by atoms with E-state index >= 15 is 0 Å². The van der Waals surface area contributed by atoms with Gasteiger partial charge in [-0.05, 0) is 48.7 Å². The van der Waals surface area contributed by atoms with Crippen molar-refractivity contribution in [3.8, 4) is 0 Å². The van der Waals surface area contributed by atoms with E-state index in [1.54, 1.807) is 11.8 Å². The zero-order valence-electron chi connectivity index (χ0n) is 13.6. The van der Waals surface area contributed by atoms with Crippen LogP contribution in [0.15, 0.2) is 30.3 Å². The van der Waals surface area contributed by atoms with Crippen molar-refractivity contribution in [2.24, 2.45) is 5.41 Å². The second-order valence-corrected chi connectivity index (χ2v) is 7.71. The Bertz CT molecular complexity index is 572. The molecule has 1 aliphatic heterocycles. The second kappa shape index (κ2) is 6.95. The third-order valence-corrected chi connectivity index (χ3v) is 5.69. The normalized spacial score (nSPS) is 22.8. The smallest absolute Gasteiger partial charge is 0.324 e. The molecule has 0 radical (unpaired) electrons. The molecule has 124 valence electrons. The summed E-state index contributed by atoms with van der Waals surface area (Å²) in [6, 6.07) is 9.84. The summed E-state index contributed by atoms with van der Waals surface area (Å²) in [7, 11) is 0. The highest BCUT2D eigenvalue weighted by molar-refractivity contribution is 7.98. The molecule has 0 aromatic heterocycles. The van der Waals surface area contributed by atoms with Gasteiger partial charge >= 0.3 is 6.03 Å². The molecule has 5 heteroatoms. The van der Waals surface area contributed by atoms with Crippen molar-refractivity contribution in [3.63, 3.8) is 0 Å². The van der Waals surface area contributed by atoms with Crippen molar-refractivity contribution in [3.05, 3.63) is 35.9 Å². The molecule has 4 nitrogen and oxygen atoms in total. The highest BCUT2D eigenvalue weighted by atomic mass is 32.2. The van der Waals surface area contributed by atoms with Crippen LogP contribution in [0.5, 0.6) is 0 Å².